The molecule has 0 N–H and O–H groups in total. The van der Waals surface area contributed by atoms with Crippen molar-refractivity contribution in [2.24, 2.45) is 0 Å². The van der Waals surface area contributed by atoms with Crippen LogP contribution in [0.15, 0.2) is 24.3 Å². The summed E-state index contributed by atoms with van der Waals surface area (Å²) >= 11 is 0. The van der Waals surface area contributed by atoms with E-state index in [1.165, 1.54) is 44.9 Å². The molecule has 0 spiro atoms. The van der Waals surface area contributed by atoms with Gasteiger partial charge in [0.25, 0.3) is 0 Å². The second-order valence-corrected chi connectivity index (χ2v) is 3.95. The second-order valence-electron chi connectivity index (χ2n) is 3.95. The smallest absolute Gasteiger partial charge is 0.0142 e. The molecule has 0 aromatic carbocycles. The van der Waals surface area contributed by atoms with Gasteiger partial charge in [-0.25, -0.2) is 0 Å². The van der Waals surface area contributed by atoms with Crippen LogP contribution in [0.4, 0.5) is 0 Å². The zero-order valence-corrected chi connectivity index (χ0v) is 10.0. The average molecular weight is 194 g/mol. The molecule has 0 heterocycles. The lowest BCUT2D eigenvalue weighted by atomic mass is 10.0. The molecular formula is C14H26. The lowest BCUT2D eigenvalue weighted by Crippen LogP contribution is -1.82. The molecule has 0 bridgehead atoms. The Balaban J connectivity index is 3.61. The molecule has 14 heavy (non-hydrogen) atoms. The van der Waals surface area contributed by atoms with E-state index in [4.69, 9.17) is 0 Å². The Kier molecular flexibility index (Phi) is 10.2. The van der Waals surface area contributed by atoms with Crippen LogP contribution in [0, 0.1) is 0 Å². The molecule has 0 fully saturated rings. The number of unbranched alkanes of at least 4 members (excludes halogenated alkanes) is 4. The third-order valence-corrected chi connectivity index (χ3v) is 2.47. The van der Waals surface area contributed by atoms with Gasteiger partial charge in [-0.15, -0.1) is 6.58 Å². The predicted octanol–water partition coefficient (Wildman–Crippen LogP) is 5.26. The molecule has 0 unspecified atom stereocenters. The van der Waals surface area contributed by atoms with Gasteiger partial charge in [-0.1, -0.05) is 57.3 Å². The van der Waals surface area contributed by atoms with Gasteiger partial charge < -0.3 is 0 Å². The van der Waals surface area contributed by atoms with Gasteiger partial charge in [0.2, 0.25) is 0 Å². The maximum absolute atomic E-state index is 3.80. The normalized spacial score (nSPS) is 11.7. The Labute approximate surface area is 90.1 Å². The fourth-order valence-corrected chi connectivity index (χ4v) is 1.67. The van der Waals surface area contributed by atoms with E-state index in [9.17, 15) is 0 Å². The third-order valence-electron chi connectivity index (χ3n) is 2.47. The molecule has 0 saturated carbocycles. The molecular weight excluding hydrogens is 168 g/mol. The van der Waals surface area contributed by atoms with Crippen molar-refractivity contribution in [3.63, 3.8) is 0 Å². The Morgan fingerprint density at radius 2 is 1.86 bits per heavy atom. The fraction of sp³-hybridized carbons (Fsp3) is 0.714. The highest BCUT2D eigenvalue weighted by atomic mass is 14.0. The molecule has 0 amide bonds. The molecule has 0 aliphatic rings. The van der Waals surface area contributed by atoms with Gasteiger partial charge in [-0.05, 0) is 25.7 Å². The van der Waals surface area contributed by atoms with Crippen LogP contribution in [0.3, 0.4) is 0 Å². The third kappa shape index (κ3) is 8.10. The van der Waals surface area contributed by atoms with E-state index in [1.807, 2.05) is 6.08 Å². The fourth-order valence-electron chi connectivity index (χ4n) is 1.67. The molecule has 0 saturated heterocycles. The summed E-state index contributed by atoms with van der Waals surface area (Å²) in [7, 11) is 0. The van der Waals surface area contributed by atoms with Crippen molar-refractivity contribution in [2.75, 3.05) is 0 Å². The maximum atomic E-state index is 3.80. The molecule has 0 radical (unpaired) electrons. The largest absolute Gasteiger partial charge is 0.103 e. The maximum Gasteiger partial charge on any atom is -0.0142 e. The standard InChI is InChI=1S/C14H26/c1-4-7-8-9-10-13-14(11-5-2)12-6-3/h5,13H,2,4,6-12H2,1,3H3. The summed E-state index contributed by atoms with van der Waals surface area (Å²) in [5, 5.41) is 0. The van der Waals surface area contributed by atoms with E-state index in [2.05, 4.69) is 26.5 Å². The zero-order valence-electron chi connectivity index (χ0n) is 10.0. The first-order valence-electron chi connectivity index (χ1n) is 6.13. The predicted molar refractivity (Wildman–Crippen MR) is 66.6 cm³/mol. The summed E-state index contributed by atoms with van der Waals surface area (Å²) in [6.45, 7) is 8.30. The van der Waals surface area contributed by atoms with E-state index in [1.54, 1.807) is 5.57 Å². The molecule has 0 aliphatic carbocycles. The minimum Gasteiger partial charge on any atom is -0.103 e. The second kappa shape index (κ2) is 10.6. The first kappa shape index (κ1) is 13.5. The van der Waals surface area contributed by atoms with Crippen LogP contribution >= 0.6 is 0 Å². The SMILES string of the molecule is C=CCC(=CCCCCCC)CCC. The molecule has 0 aliphatic heterocycles. The molecule has 0 rings (SSSR count). The van der Waals surface area contributed by atoms with Crippen molar-refractivity contribution in [3.8, 4) is 0 Å². The van der Waals surface area contributed by atoms with Gasteiger partial charge >= 0.3 is 0 Å². The minimum atomic E-state index is 1.08. The van der Waals surface area contributed by atoms with Crippen molar-refractivity contribution in [3.05, 3.63) is 24.3 Å². The van der Waals surface area contributed by atoms with Gasteiger partial charge in [0.05, 0.1) is 0 Å². The van der Waals surface area contributed by atoms with Crippen LogP contribution in [-0.2, 0) is 0 Å². The van der Waals surface area contributed by atoms with Gasteiger partial charge in [0.1, 0.15) is 0 Å². The Morgan fingerprint density at radius 3 is 2.43 bits per heavy atom. The average Bonchev–Trinajstić information content (AvgIpc) is 2.18. The number of rotatable bonds is 9. The molecule has 0 aromatic rings. The van der Waals surface area contributed by atoms with E-state index < -0.39 is 0 Å². The van der Waals surface area contributed by atoms with E-state index in [0.717, 1.165) is 6.42 Å². The lowest BCUT2D eigenvalue weighted by Gasteiger charge is -2.02. The summed E-state index contributed by atoms with van der Waals surface area (Å²) in [6.07, 6.45) is 14.8. The highest BCUT2D eigenvalue weighted by molar-refractivity contribution is 5.05. The first-order chi connectivity index (χ1) is 6.85. The van der Waals surface area contributed by atoms with Crippen LogP contribution in [0.5, 0.6) is 0 Å². The van der Waals surface area contributed by atoms with Crippen LogP contribution in [0.1, 0.15) is 65.2 Å². The van der Waals surface area contributed by atoms with Crippen LogP contribution in [-0.4, -0.2) is 0 Å². The van der Waals surface area contributed by atoms with Crippen molar-refractivity contribution in [2.45, 2.75) is 65.2 Å². The van der Waals surface area contributed by atoms with E-state index in [-0.39, 0.29) is 0 Å². The van der Waals surface area contributed by atoms with Crippen molar-refractivity contribution in [1.29, 1.82) is 0 Å². The lowest BCUT2D eigenvalue weighted by molar-refractivity contribution is 0.671. The quantitative estimate of drug-likeness (QED) is 0.347. The molecule has 82 valence electrons. The summed E-state index contributed by atoms with van der Waals surface area (Å²) in [6, 6.07) is 0. The summed E-state index contributed by atoms with van der Waals surface area (Å²) in [5.74, 6) is 0. The molecule has 0 nitrogen and oxygen atoms in total. The number of allylic oxidation sites excluding steroid dienone is 3. The van der Waals surface area contributed by atoms with Crippen LogP contribution < -0.4 is 0 Å². The molecule has 0 heteroatoms. The van der Waals surface area contributed by atoms with Crippen molar-refractivity contribution in [1.82, 2.24) is 0 Å². The summed E-state index contributed by atoms with van der Waals surface area (Å²) in [4.78, 5) is 0. The first-order valence-corrected chi connectivity index (χ1v) is 6.13. The van der Waals surface area contributed by atoms with Gasteiger partial charge in [0.15, 0.2) is 0 Å². The topological polar surface area (TPSA) is 0 Å². The van der Waals surface area contributed by atoms with Crippen molar-refractivity contribution >= 4 is 0 Å². The minimum absolute atomic E-state index is 1.08. The van der Waals surface area contributed by atoms with Gasteiger partial charge in [-0.3, -0.25) is 0 Å². The Bertz CT molecular complexity index is 153. The van der Waals surface area contributed by atoms with Crippen LogP contribution in [0.25, 0.3) is 0 Å². The molecule has 0 atom stereocenters. The van der Waals surface area contributed by atoms with E-state index >= 15 is 0 Å². The highest BCUT2D eigenvalue weighted by Gasteiger charge is 1.93. The zero-order chi connectivity index (χ0) is 10.6. The Morgan fingerprint density at radius 1 is 1.07 bits per heavy atom. The summed E-state index contributed by atoms with van der Waals surface area (Å²) < 4.78 is 0. The Hall–Kier alpha value is -0.520. The van der Waals surface area contributed by atoms with Crippen molar-refractivity contribution < 1.29 is 0 Å². The van der Waals surface area contributed by atoms with E-state index in [0.29, 0.717) is 0 Å². The monoisotopic (exact) mass is 194 g/mol. The highest BCUT2D eigenvalue weighted by Crippen LogP contribution is 2.13. The van der Waals surface area contributed by atoms with Gasteiger partial charge in [-0.2, -0.15) is 0 Å². The number of hydrogen-bond donors (Lipinski definition) is 0. The molecule has 0 aromatic heterocycles. The summed E-state index contributed by atoms with van der Waals surface area (Å²) in [5.41, 5.74) is 1.58. The van der Waals surface area contributed by atoms with Crippen LogP contribution in [0.2, 0.25) is 0 Å². The number of hydrogen-bond acceptors (Lipinski definition) is 0. The van der Waals surface area contributed by atoms with Gasteiger partial charge in [0, 0.05) is 0 Å².